The highest BCUT2D eigenvalue weighted by molar-refractivity contribution is 5.83. The van der Waals surface area contributed by atoms with Crippen LogP contribution in [0.3, 0.4) is 0 Å². The quantitative estimate of drug-likeness (QED) is 0.840. The molecule has 0 amide bonds. The molecule has 2 N–H and O–H groups in total. The molecule has 1 unspecified atom stereocenters. The number of hydrogen-bond donors (Lipinski definition) is 1. The van der Waals surface area contributed by atoms with Gasteiger partial charge in [0.05, 0.1) is 5.52 Å². The first-order chi connectivity index (χ1) is 8.26. The Morgan fingerprint density at radius 3 is 2.82 bits per heavy atom. The zero-order chi connectivity index (χ0) is 12.3. The third-order valence-electron chi connectivity index (χ3n) is 3.49. The molecule has 1 heterocycles. The van der Waals surface area contributed by atoms with Gasteiger partial charge >= 0.3 is 0 Å². The molecular weight excluding hydrogens is 208 g/mol. The van der Waals surface area contributed by atoms with Crippen LogP contribution >= 0.6 is 0 Å². The zero-order valence-electron chi connectivity index (χ0n) is 10.8. The fraction of sp³-hybridized carbons (Fsp3) is 0.467. The van der Waals surface area contributed by atoms with Crippen molar-refractivity contribution < 1.29 is 0 Å². The molecule has 2 heteroatoms. The largest absolute Gasteiger partial charge is 0.347 e. The Morgan fingerprint density at radius 2 is 2.12 bits per heavy atom. The molecule has 2 aromatic rings. The van der Waals surface area contributed by atoms with E-state index in [9.17, 15) is 0 Å². The Hall–Kier alpha value is -1.28. The first-order valence-corrected chi connectivity index (χ1v) is 6.53. The molecule has 0 spiro atoms. The standard InChI is InChI=1S/C15H22N2/c1-3-12(2)11-17-10-8-14-6-4-5-13(7-9-16)15(14)17/h4-6,8,10,12H,3,7,9,11,16H2,1-2H3. The predicted molar refractivity (Wildman–Crippen MR) is 74.2 cm³/mol. The summed E-state index contributed by atoms with van der Waals surface area (Å²) in [6.07, 6.45) is 4.39. The highest BCUT2D eigenvalue weighted by Gasteiger charge is 2.08. The van der Waals surface area contributed by atoms with Gasteiger partial charge in [-0.1, -0.05) is 38.5 Å². The van der Waals surface area contributed by atoms with Crippen molar-refractivity contribution in [3.63, 3.8) is 0 Å². The minimum atomic E-state index is 0.716. The number of nitrogens with two attached hydrogens (primary N) is 1. The minimum Gasteiger partial charge on any atom is -0.347 e. The van der Waals surface area contributed by atoms with Gasteiger partial charge in [0.25, 0.3) is 0 Å². The van der Waals surface area contributed by atoms with Gasteiger partial charge in [0.2, 0.25) is 0 Å². The van der Waals surface area contributed by atoms with Gasteiger partial charge in [-0.05, 0) is 35.9 Å². The summed E-state index contributed by atoms with van der Waals surface area (Å²) in [5.41, 5.74) is 8.44. The summed E-state index contributed by atoms with van der Waals surface area (Å²) >= 11 is 0. The van der Waals surface area contributed by atoms with E-state index in [1.54, 1.807) is 0 Å². The van der Waals surface area contributed by atoms with Crippen LogP contribution in [0.2, 0.25) is 0 Å². The van der Waals surface area contributed by atoms with Crippen molar-refractivity contribution >= 4 is 10.9 Å². The van der Waals surface area contributed by atoms with Crippen molar-refractivity contribution in [1.29, 1.82) is 0 Å². The summed E-state index contributed by atoms with van der Waals surface area (Å²) in [5, 5.41) is 1.33. The summed E-state index contributed by atoms with van der Waals surface area (Å²) < 4.78 is 2.38. The molecule has 17 heavy (non-hydrogen) atoms. The fourth-order valence-corrected chi connectivity index (χ4v) is 2.32. The van der Waals surface area contributed by atoms with E-state index in [2.05, 4.69) is 48.9 Å². The normalized spacial score (nSPS) is 13.1. The van der Waals surface area contributed by atoms with Crippen molar-refractivity contribution in [1.82, 2.24) is 4.57 Å². The molecule has 1 aromatic carbocycles. The van der Waals surface area contributed by atoms with Crippen LogP contribution in [0.5, 0.6) is 0 Å². The van der Waals surface area contributed by atoms with Gasteiger partial charge < -0.3 is 10.3 Å². The first-order valence-electron chi connectivity index (χ1n) is 6.53. The van der Waals surface area contributed by atoms with Gasteiger partial charge in [0, 0.05) is 12.7 Å². The maximum Gasteiger partial charge on any atom is 0.0513 e. The van der Waals surface area contributed by atoms with Crippen molar-refractivity contribution in [2.45, 2.75) is 33.2 Å². The SMILES string of the molecule is CCC(C)Cn1ccc2cccc(CCN)c21. The second kappa shape index (κ2) is 5.37. The molecule has 0 aliphatic carbocycles. The Bertz CT molecular complexity index is 485. The Balaban J connectivity index is 2.42. The minimum absolute atomic E-state index is 0.716. The molecule has 92 valence electrons. The molecule has 0 aliphatic heterocycles. The first kappa shape index (κ1) is 12.2. The Kier molecular flexibility index (Phi) is 3.85. The van der Waals surface area contributed by atoms with Gasteiger partial charge in [-0.25, -0.2) is 0 Å². The van der Waals surface area contributed by atoms with E-state index >= 15 is 0 Å². The number of aromatic nitrogens is 1. The van der Waals surface area contributed by atoms with Gasteiger partial charge in [-0.3, -0.25) is 0 Å². The van der Waals surface area contributed by atoms with Crippen LogP contribution in [-0.2, 0) is 13.0 Å². The second-order valence-corrected chi connectivity index (χ2v) is 4.88. The highest BCUT2D eigenvalue weighted by Crippen LogP contribution is 2.22. The zero-order valence-corrected chi connectivity index (χ0v) is 10.8. The van der Waals surface area contributed by atoms with Gasteiger partial charge in [0.1, 0.15) is 0 Å². The lowest BCUT2D eigenvalue weighted by Gasteiger charge is -2.13. The Labute approximate surface area is 103 Å². The topological polar surface area (TPSA) is 30.9 Å². The van der Waals surface area contributed by atoms with Crippen molar-refractivity contribution in [3.05, 3.63) is 36.0 Å². The molecule has 0 bridgehead atoms. The van der Waals surface area contributed by atoms with Crippen LogP contribution in [0.1, 0.15) is 25.8 Å². The fourth-order valence-electron chi connectivity index (χ4n) is 2.32. The monoisotopic (exact) mass is 230 g/mol. The van der Waals surface area contributed by atoms with Crippen molar-refractivity contribution in [2.24, 2.45) is 11.7 Å². The summed E-state index contributed by atoms with van der Waals surface area (Å²) in [7, 11) is 0. The lowest BCUT2D eigenvalue weighted by Crippen LogP contribution is -2.08. The third-order valence-corrected chi connectivity index (χ3v) is 3.49. The van der Waals surface area contributed by atoms with Gasteiger partial charge in [0.15, 0.2) is 0 Å². The number of rotatable bonds is 5. The van der Waals surface area contributed by atoms with Crippen LogP contribution in [0, 0.1) is 5.92 Å². The number of hydrogen-bond acceptors (Lipinski definition) is 1. The van der Waals surface area contributed by atoms with E-state index < -0.39 is 0 Å². The molecule has 2 nitrogen and oxygen atoms in total. The summed E-state index contributed by atoms with van der Waals surface area (Å²) in [5.74, 6) is 0.719. The molecular formula is C15H22N2. The maximum absolute atomic E-state index is 5.69. The lowest BCUT2D eigenvalue weighted by molar-refractivity contribution is 0.477. The summed E-state index contributed by atoms with van der Waals surface area (Å²) in [4.78, 5) is 0. The smallest absolute Gasteiger partial charge is 0.0513 e. The molecule has 0 saturated carbocycles. The lowest BCUT2D eigenvalue weighted by atomic mass is 10.1. The highest BCUT2D eigenvalue weighted by atomic mass is 15.0. The molecule has 1 atom stereocenters. The third kappa shape index (κ3) is 2.52. The van der Waals surface area contributed by atoms with Gasteiger partial charge in [-0.15, -0.1) is 0 Å². The molecule has 0 aliphatic rings. The van der Waals surface area contributed by atoms with Gasteiger partial charge in [-0.2, -0.15) is 0 Å². The van der Waals surface area contributed by atoms with Crippen LogP contribution in [0.25, 0.3) is 10.9 Å². The average molecular weight is 230 g/mol. The van der Waals surface area contributed by atoms with E-state index in [4.69, 9.17) is 5.73 Å². The number of benzene rings is 1. The number of fused-ring (bicyclic) bond motifs is 1. The molecule has 2 rings (SSSR count). The maximum atomic E-state index is 5.69. The van der Waals surface area contributed by atoms with Crippen molar-refractivity contribution in [2.75, 3.05) is 6.54 Å². The number of para-hydroxylation sites is 1. The molecule has 0 fully saturated rings. The van der Waals surface area contributed by atoms with E-state index in [0.29, 0.717) is 6.54 Å². The molecule has 0 saturated heterocycles. The van der Waals surface area contributed by atoms with Crippen LogP contribution in [0.15, 0.2) is 30.5 Å². The van der Waals surface area contributed by atoms with E-state index in [1.165, 1.54) is 22.9 Å². The van der Waals surface area contributed by atoms with Crippen LogP contribution in [0.4, 0.5) is 0 Å². The molecule has 0 radical (unpaired) electrons. The number of nitrogens with zero attached hydrogens (tertiary/aromatic N) is 1. The van der Waals surface area contributed by atoms with Crippen LogP contribution < -0.4 is 5.73 Å². The summed E-state index contributed by atoms with van der Waals surface area (Å²) in [6, 6.07) is 8.71. The molecule has 1 aromatic heterocycles. The Morgan fingerprint density at radius 1 is 1.29 bits per heavy atom. The van der Waals surface area contributed by atoms with Crippen LogP contribution in [-0.4, -0.2) is 11.1 Å². The predicted octanol–water partition coefficient (Wildman–Crippen LogP) is 3.19. The van der Waals surface area contributed by atoms with E-state index in [1.807, 2.05) is 0 Å². The van der Waals surface area contributed by atoms with Crippen molar-refractivity contribution in [3.8, 4) is 0 Å². The second-order valence-electron chi connectivity index (χ2n) is 4.88. The average Bonchev–Trinajstić information content (AvgIpc) is 2.74. The van der Waals surface area contributed by atoms with E-state index in [-0.39, 0.29) is 0 Å². The summed E-state index contributed by atoms with van der Waals surface area (Å²) in [6.45, 7) is 6.36. The van der Waals surface area contributed by atoms with E-state index in [0.717, 1.165) is 18.9 Å².